The fourth-order valence-electron chi connectivity index (χ4n) is 2.49. The van der Waals surface area contributed by atoms with Gasteiger partial charge in [-0.15, -0.1) is 0 Å². The molecule has 2 rings (SSSR count). The number of hydrogen-bond acceptors (Lipinski definition) is 5. The van der Waals surface area contributed by atoms with E-state index in [1.165, 1.54) is 18.5 Å². The minimum Gasteiger partial charge on any atom is -0.465 e. The van der Waals surface area contributed by atoms with Crippen molar-refractivity contribution >= 4 is 17.1 Å². The summed E-state index contributed by atoms with van der Waals surface area (Å²) >= 11 is 0. The molecule has 0 fully saturated rings. The topological polar surface area (TPSA) is 88.1 Å². The summed E-state index contributed by atoms with van der Waals surface area (Å²) in [4.78, 5) is 39.7. The highest BCUT2D eigenvalue weighted by Gasteiger charge is 2.22. The first kappa shape index (κ1) is 16.0. The maximum atomic E-state index is 12.3. The van der Waals surface area contributed by atoms with E-state index < -0.39 is 5.69 Å². The van der Waals surface area contributed by atoms with E-state index in [0.29, 0.717) is 23.4 Å². The van der Waals surface area contributed by atoms with Gasteiger partial charge in [-0.05, 0) is 6.42 Å². The summed E-state index contributed by atoms with van der Waals surface area (Å²) in [5.74, 6) is 0.124. The second-order valence-electron chi connectivity index (χ2n) is 5.31. The number of fused-ring (bicyclic) bond motifs is 1. The van der Waals surface area contributed by atoms with Crippen molar-refractivity contribution in [2.75, 3.05) is 6.61 Å². The van der Waals surface area contributed by atoms with Gasteiger partial charge < -0.3 is 9.30 Å². The second kappa shape index (κ2) is 5.78. The largest absolute Gasteiger partial charge is 0.465 e. The lowest BCUT2D eigenvalue weighted by Gasteiger charge is -2.14. The van der Waals surface area contributed by atoms with Crippen LogP contribution < -0.4 is 11.2 Å². The molecule has 0 aromatic carbocycles. The molecule has 0 aliphatic rings. The highest BCUT2D eigenvalue weighted by Crippen LogP contribution is 2.21. The van der Waals surface area contributed by atoms with E-state index in [1.807, 2.05) is 6.92 Å². The molecule has 120 valence electrons. The van der Waals surface area contributed by atoms with Crippen LogP contribution in [-0.2, 0) is 30.7 Å². The molecule has 0 radical (unpaired) electrons. The lowest BCUT2D eigenvalue weighted by molar-refractivity contribution is -0.141. The minimum atomic E-state index is -0.421. The molecule has 2 aromatic rings. The molecule has 2 heterocycles. The third-order valence-electron chi connectivity index (χ3n) is 3.86. The number of ether oxygens (including phenoxy) is 1. The zero-order valence-corrected chi connectivity index (χ0v) is 13.4. The van der Waals surface area contributed by atoms with E-state index >= 15 is 0 Å². The highest BCUT2D eigenvalue weighted by atomic mass is 16.5. The Bertz CT molecular complexity index is 843. The van der Waals surface area contributed by atoms with Crippen LogP contribution in [-0.4, -0.2) is 31.3 Å². The zero-order chi connectivity index (χ0) is 16.6. The Morgan fingerprint density at radius 3 is 2.36 bits per heavy atom. The molecule has 0 aliphatic heterocycles. The molecule has 1 unspecified atom stereocenters. The van der Waals surface area contributed by atoms with Gasteiger partial charge >= 0.3 is 11.7 Å². The summed E-state index contributed by atoms with van der Waals surface area (Å²) in [5.41, 5.74) is -0.107. The number of imidazole rings is 1. The molecule has 0 saturated heterocycles. The first-order valence-corrected chi connectivity index (χ1v) is 7.05. The number of aryl methyl sites for hydroxylation is 2. The van der Waals surface area contributed by atoms with Crippen LogP contribution in [0.5, 0.6) is 0 Å². The third kappa shape index (κ3) is 2.44. The van der Waals surface area contributed by atoms with Crippen LogP contribution in [0.3, 0.4) is 0 Å². The number of carbonyl (C=O) groups is 1. The van der Waals surface area contributed by atoms with E-state index in [-0.39, 0.29) is 24.1 Å². The van der Waals surface area contributed by atoms with Crippen LogP contribution in [0.1, 0.15) is 32.0 Å². The fourth-order valence-corrected chi connectivity index (χ4v) is 2.49. The molecule has 0 amide bonds. The monoisotopic (exact) mass is 308 g/mol. The van der Waals surface area contributed by atoms with Crippen molar-refractivity contribution in [2.24, 2.45) is 21.1 Å². The Balaban J connectivity index is 2.67. The van der Waals surface area contributed by atoms with Crippen LogP contribution in [0.4, 0.5) is 0 Å². The number of nitrogens with zero attached hydrogens (tertiary/aromatic N) is 4. The van der Waals surface area contributed by atoms with E-state index in [9.17, 15) is 14.4 Å². The number of hydrogen-bond donors (Lipinski definition) is 0. The van der Waals surface area contributed by atoms with Crippen LogP contribution in [0.15, 0.2) is 9.59 Å². The summed E-state index contributed by atoms with van der Waals surface area (Å²) in [6, 6.07) is 0. The Morgan fingerprint density at radius 1 is 1.18 bits per heavy atom. The van der Waals surface area contributed by atoms with Gasteiger partial charge in [-0.2, -0.15) is 0 Å². The highest BCUT2D eigenvalue weighted by molar-refractivity contribution is 5.71. The normalized spacial score (nSPS) is 12.6. The van der Waals surface area contributed by atoms with Gasteiger partial charge in [0.15, 0.2) is 11.2 Å². The predicted molar refractivity (Wildman–Crippen MR) is 80.9 cm³/mol. The average molecular weight is 308 g/mol. The standard InChI is InChI=1S/C14H20N4O4/c1-6-9(7-22-8(2)19)11-15-12-10(16(11)3)13(20)18(5)14(21)17(12)4/h9H,6-7H2,1-5H3. The summed E-state index contributed by atoms with van der Waals surface area (Å²) < 4.78 is 9.14. The van der Waals surface area contributed by atoms with Gasteiger partial charge in [-0.3, -0.25) is 18.7 Å². The molecule has 0 saturated carbocycles. The van der Waals surface area contributed by atoms with Crippen LogP contribution >= 0.6 is 0 Å². The molecule has 1 atom stereocenters. The smallest absolute Gasteiger partial charge is 0.332 e. The van der Waals surface area contributed by atoms with Crippen LogP contribution in [0.25, 0.3) is 11.2 Å². The van der Waals surface area contributed by atoms with Crippen molar-refractivity contribution in [3.05, 3.63) is 26.7 Å². The summed E-state index contributed by atoms with van der Waals surface area (Å²) in [6.07, 6.45) is 0.693. The number of aromatic nitrogens is 4. The summed E-state index contributed by atoms with van der Waals surface area (Å²) in [6.45, 7) is 3.49. The summed E-state index contributed by atoms with van der Waals surface area (Å²) in [7, 11) is 4.74. The maximum Gasteiger partial charge on any atom is 0.332 e. The van der Waals surface area contributed by atoms with Gasteiger partial charge in [0.25, 0.3) is 5.56 Å². The van der Waals surface area contributed by atoms with E-state index in [0.717, 1.165) is 4.57 Å². The van der Waals surface area contributed by atoms with Gasteiger partial charge in [0.2, 0.25) is 0 Å². The van der Waals surface area contributed by atoms with Crippen molar-refractivity contribution in [3.8, 4) is 0 Å². The van der Waals surface area contributed by atoms with Crippen molar-refractivity contribution in [1.29, 1.82) is 0 Å². The van der Waals surface area contributed by atoms with Gasteiger partial charge in [0, 0.05) is 28.1 Å². The van der Waals surface area contributed by atoms with Gasteiger partial charge in [0.1, 0.15) is 12.4 Å². The second-order valence-corrected chi connectivity index (χ2v) is 5.31. The average Bonchev–Trinajstić information content (AvgIpc) is 2.81. The molecule has 8 nitrogen and oxygen atoms in total. The molecule has 0 aliphatic carbocycles. The number of carbonyl (C=O) groups excluding carboxylic acids is 1. The lowest BCUT2D eigenvalue weighted by Crippen LogP contribution is -2.37. The lowest BCUT2D eigenvalue weighted by atomic mass is 10.1. The van der Waals surface area contributed by atoms with E-state index in [1.54, 1.807) is 18.7 Å². The zero-order valence-electron chi connectivity index (χ0n) is 13.4. The van der Waals surface area contributed by atoms with Gasteiger partial charge in [0.05, 0.1) is 5.92 Å². The van der Waals surface area contributed by atoms with Gasteiger partial charge in [-0.1, -0.05) is 6.92 Å². The maximum absolute atomic E-state index is 12.3. The molecule has 22 heavy (non-hydrogen) atoms. The van der Waals surface area contributed by atoms with E-state index in [4.69, 9.17) is 4.74 Å². The molecular formula is C14H20N4O4. The Labute approximate surface area is 126 Å². The van der Waals surface area contributed by atoms with E-state index in [2.05, 4.69) is 4.98 Å². The Kier molecular flexibility index (Phi) is 4.20. The number of rotatable bonds is 4. The van der Waals surface area contributed by atoms with Crippen molar-refractivity contribution in [3.63, 3.8) is 0 Å². The van der Waals surface area contributed by atoms with Crippen LogP contribution in [0.2, 0.25) is 0 Å². The first-order valence-electron chi connectivity index (χ1n) is 7.05. The minimum absolute atomic E-state index is 0.138. The predicted octanol–water partition coefficient (Wildman–Crippen LogP) is 0.0274. The van der Waals surface area contributed by atoms with Crippen molar-refractivity contribution < 1.29 is 9.53 Å². The molecule has 0 N–H and O–H groups in total. The molecule has 0 bridgehead atoms. The van der Waals surface area contributed by atoms with Gasteiger partial charge in [-0.25, -0.2) is 9.78 Å². The quantitative estimate of drug-likeness (QED) is 0.743. The molecule has 0 spiro atoms. The third-order valence-corrected chi connectivity index (χ3v) is 3.86. The SMILES string of the molecule is CCC(COC(C)=O)c1nc2c(c(=O)n(C)c(=O)n2C)n1C. The number of esters is 1. The Morgan fingerprint density at radius 2 is 1.82 bits per heavy atom. The van der Waals surface area contributed by atoms with Crippen LogP contribution in [0, 0.1) is 0 Å². The molecular weight excluding hydrogens is 288 g/mol. The fraction of sp³-hybridized carbons (Fsp3) is 0.571. The Hall–Kier alpha value is -2.38. The molecule has 8 heteroatoms. The summed E-state index contributed by atoms with van der Waals surface area (Å²) in [5, 5.41) is 0. The molecule has 2 aromatic heterocycles. The first-order chi connectivity index (χ1) is 10.3. The van der Waals surface area contributed by atoms with Crippen molar-refractivity contribution in [1.82, 2.24) is 18.7 Å². The van der Waals surface area contributed by atoms with Crippen molar-refractivity contribution in [2.45, 2.75) is 26.2 Å².